The molecule has 22 heavy (non-hydrogen) atoms. The molecule has 0 saturated heterocycles. The van der Waals surface area contributed by atoms with E-state index in [9.17, 15) is 9.18 Å². The van der Waals surface area contributed by atoms with Gasteiger partial charge in [0, 0.05) is 20.1 Å². The first-order valence-electron chi connectivity index (χ1n) is 6.95. The lowest BCUT2D eigenvalue weighted by molar-refractivity contribution is 0.206. The van der Waals surface area contributed by atoms with Crippen molar-refractivity contribution in [1.29, 1.82) is 0 Å². The Bertz CT molecular complexity index is 629. The fourth-order valence-electron chi connectivity index (χ4n) is 2.03. The van der Waals surface area contributed by atoms with Crippen LogP contribution in [0.1, 0.15) is 11.1 Å². The summed E-state index contributed by atoms with van der Waals surface area (Å²) in [4.78, 5) is 13.6. The Balaban J connectivity index is 1.86. The van der Waals surface area contributed by atoms with Gasteiger partial charge in [0.15, 0.2) is 0 Å². The molecule has 0 aliphatic carbocycles. The molecule has 0 aromatic heterocycles. The summed E-state index contributed by atoms with van der Waals surface area (Å²) < 4.78 is 18.0. The van der Waals surface area contributed by atoms with Crippen LogP contribution in [0.4, 0.5) is 9.18 Å². The molecule has 5 heteroatoms. The highest BCUT2D eigenvalue weighted by atomic mass is 19.1. The molecule has 0 aliphatic heterocycles. The zero-order chi connectivity index (χ0) is 15.9. The number of nitrogens with zero attached hydrogens (tertiary/aromatic N) is 1. The number of urea groups is 1. The number of rotatable bonds is 5. The van der Waals surface area contributed by atoms with Crippen molar-refractivity contribution in [3.05, 3.63) is 65.5 Å². The quantitative estimate of drug-likeness (QED) is 0.921. The maximum Gasteiger partial charge on any atom is 0.317 e. The summed E-state index contributed by atoms with van der Waals surface area (Å²) in [7, 11) is 3.30. The van der Waals surface area contributed by atoms with E-state index in [0.717, 1.165) is 16.9 Å². The van der Waals surface area contributed by atoms with Crippen LogP contribution < -0.4 is 10.1 Å². The summed E-state index contributed by atoms with van der Waals surface area (Å²) in [5, 5.41) is 2.84. The maximum atomic E-state index is 12.8. The summed E-state index contributed by atoms with van der Waals surface area (Å²) in [5.41, 5.74) is 1.84. The first-order chi connectivity index (χ1) is 10.6. The van der Waals surface area contributed by atoms with Gasteiger partial charge in [-0.05, 0) is 35.4 Å². The zero-order valence-corrected chi connectivity index (χ0v) is 12.7. The van der Waals surface area contributed by atoms with Gasteiger partial charge < -0.3 is 15.0 Å². The van der Waals surface area contributed by atoms with Crippen LogP contribution in [0.25, 0.3) is 0 Å². The number of hydrogen-bond donors (Lipinski definition) is 1. The van der Waals surface area contributed by atoms with Crippen LogP contribution in [-0.2, 0) is 13.1 Å². The van der Waals surface area contributed by atoms with Gasteiger partial charge in [0.25, 0.3) is 0 Å². The molecule has 0 unspecified atom stereocenters. The minimum atomic E-state index is -0.283. The normalized spacial score (nSPS) is 10.1. The van der Waals surface area contributed by atoms with Crippen LogP contribution >= 0.6 is 0 Å². The molecular formula is C17H19FN2O2. The lowest BCUT2D eigenvalue weighted by atomic mass is 10.2. The van der Waals surface area contributed by atoms with Crippen LogP contribution in [-0.4, -0.2) is 25.1 Å². The third-order valence-electron chi connectivity index (χ3n) is 3.26. The van der Waals surface area contributed by atoms with Gasteiger partial charge in [-0.1, -0.05) is 24.3 Å². The molecule has 0 heterocycles. The Labute approximate surface area is 129 Å². The molecule has 0 atom stereocenters. The Hall–Kier alpha value is -2.56. The number of carbonyl (C=O) groups is 1. The molecule has 1 N–H and O–H groups in total. The molecule has 0 spiro atoms. The van der Waals surface area contributed by atoms with Crippen molar-refractivity contribution >= 4 is 6.03 Å². The minimum absolute atomic E-state index is 0.188. The number of amides is 2. The van der Waals surface area contributed by atoms with Gasteiger partial charge in [-0.15, -0.1) is 0 Å². The number of nitrogens with one attached hydrogen (secondary N) is 1. The standard InChI is InChI=1S/C17H19FN2O2/c1-20(12-13-6-8-15(18)9-7-13)17(21)19-11-14-4-3-5-16(10-14)22-2/h3-10H,11-12H2,1-2H3,(H,19,21). The number of methoxy groups -OCH3 is 1. The lowest BCUT2D eigenvalue weighted by Crippen LogP contribution is -2.36. The van der Waals surface area contributed by atoms with E-state index in [2.05, 4.69) is 5.32 Å². The SMILES string of the molecule is COc1cccc(CNC(=O)N(C)Cc2ccc(F)cc2)c1. The third kappa shape index (κ3) is 4.48. The number of halogens is 1. The highest BCUT2D eigenvalue weighted by molar-refractivity contribution is 5.73. The van der Waals surface area contributed by atoms with Crippen molar-refractivity contribution in [1.82, 2.24) is 10.2 Å². The summed E-state index contributed by atoms with van der Waals surface area (Å²) in [5.74, 6) is 0.472. The van der Waals surface area contributed by atoms with E-state index >= 15 is 0 Å². The Kier molecular flexibility index (Phi) is 5.36. The zero-order valence-electron chi connectivity index (χ0n) is 12.7. The van der Waals surface area contributed by atoms with E-state index in [1.165, 1.54) is 12.1 Å². The third-order valence-corrected chi connectivity index (χ3v) is 3.26. The number of hydrogen-bond acceptors (Lipinski definition) is 2. The van der Waals surface area contributed by atoms with Gasteiger partial charge in [-0.25, -0.2) is 9.18 Å². The molecule has 0 radical (unpaired) electrons. The first kappa shape index (κ1) is 15.8. The molecular weight excluding hydrogens is 283 g/mol. The Morgan fingerprint density at radius 2 is 1.91 bits per heavy atom. The Morgan fingerprint density at radius 1 is 1.18 bits per heavy atom. The van der Waals surface area contributed by atoms with E-state index in [1.54, 1.807) is 31.2 Å². The fraction of sp³-hybridized carbons (Fsp3) is 0.235. The molecule has 2 aromatic carbocycles. The largest absolute Gasteiger partial charge is 0.497 e. The number of ether oxygens (including phenoxy) is 1. The van der Waals surface area contributed by atoms with E-state index < -0.39 is 0 Å². The van der Waals surface area contributed by atoms with Crippen molar-refractivity contribution in [2.24, 2.45) is 0 Å². The van der Waals surface area contributed by atoms with E-state index in [-0.39, 0.29) is 11.8 Å². The predicted molar refractivity (Wildman–Crippen MR) is 83.1 cm³/mol. The van der Waals surface area contributed by atoms with Crippen molar-refractivity contribution < 1.29 is 13.9 Å². The van der Waals surface area contributed by atoms with Gasteiger partial charge >= 0.3 is 6.03 Å². The predicted octanol–water partition coefficient (Wildman–Crippen LogP) is 3.18. The molecule has 2 rings (SSSR count). The summed E-state index contributed by atoms with van der Waals surface area (Å²) in [6.45, 7) is 0.841. The van der Waals surface area contributed by atoms with Crippen molar-refractivity contribution in [2.45, 2.75) is 13.1 Å². The first-order valence-corrected chi connectivity index (χ1v) is 6.95. The van der Waals surface area contributed by atoms with Gasteiger partial charge in [0.05, 0.1) is 7.11 Å². The van der Waals surface area contributed by atoms with Crippen LogP contribution in [0.2, 0.25) is 0 Å². The van der Waals surface area contributed by atoms with Crippen molar-refractivity contribution in [3.8, 4) is 5.75 Å². The summed E-state index contributed by atoms with van der Waals surface area (Å²) in [6.07, 6.45) is 0. The number of benzene rings is 2. The van der Waals surface area contributed by atoms with Gasteiger partial charge in [0.1, 0.15) is 11.6 Å². The average molecular weight is 302 g/mol. The average Bonchev–Trinajstić information content (AvgIpc) is 2.54. The summed E-state index contributed by atoms with van der Waals surface area (Å²) in [6, 6.07) is 13.4. The van der Waals surface area contributed by atoms with Crippen molar-refractivity contribution in [2.75, 3.05) is 14.2 Å². The smallest absolute Gasteiger partial charge is 0.317 e. The second-order valence-electron chi connectivity index (χ2n) is 4.99. The van der Waals surface area contributed by atoms with Crippen LogP contribution in [0.15, 0.2) is 48.5 Å². The van der Waals surface area contributed by atoms with Gasteiger partial charge in [-0.2, -0.15) is 0 Å². The maximum absolute atomic E-state index is 12.8. The molecule has 0 aliphatic rings. The minimum Gasteiger partial charge on any atom is -0.497 e. The van der Waals surface area contributed by atoms with E-state index in [1.807, 2.05) is 24.3 Å². The van der Waals surface area contributed by atoms with Crippen LogP contribution in [0, 0.1) is 5.82 Å². The lowest BCUT2D eigenvalue weighted by Gasteiger charge is -2.18. The highest BCUT2D eigenvalue weighted by Crippen LogP contribution is 2.12. The Morgan fingerprint density at radius 3 is 2.59 bits per heavy atom. The highest BCUT2D eigenvalue weighted by Gasteiger charge is 2.09. The molecule has 116 valence electrons. The monoisotopic (exact) mass is 302 g/mol. The molecule has 2 aromatic rings. The molecule has 0 fully saturated rings. The molecule has 4 nitrogen and oxygen atoms in total. The van der Waals surface area contributed by atoms with Gasteiger partial charge in [-0.3, -0.25) is 0 Å². The van der Waals surface area contributed by atoms with E-state index in [0.29, 0.717) is 13.1 Å². The number of carbonyl (C=O) groups excluding carboxylic acids is 1. The molecule has 0 saturated carbocycles. The van der Waals surface area contributed by atoms with Crippen molar-refractivity contribution in [3.63, 3.8) is 0 Å². The second kappa shape index (κ2) is 7.45. The molecule has 0 bridgehead atoms. The molecule has 2 amide bonds. The fourth-order valence-corrected chi connectivity index (χ4v) is 2.03. The summed E-state index contributed by atoms with van der Waals surface area (Å²) >= 11 is 0. The van der Waals surface area contributed by atoms with Gasteiger partial charge in [0.2, 0.25) is 0 Å². The van der Waals surface area contributed by atoms with Crippen LogP contribution in [0.5, 0.6) is 5.75 Å². The second-order valence-corrected chi connectivity index (χ2v) is 4.99. The van der Waals surface area contributed by atoms with E-state index in [4.69, 9.17) is 4.74 Å². The van der Waals surface area contributed by atoms with Crippen LogP contribution in [0.3, 0.4) is 0 Å². The topological polar surface area (TPSA) is 41.6 Å².